The predicted molar refractivity (Wildman–Crippen MR) is 111 cm³/mol. The van der Waals surface area contributed by atoms with Gasteiger partial charge in [0.1, 0.15) is 6.61 Å². The van der Waals surface area contributed by atoms with Gasteiger partial charge in [-0.25, -0.2) is 0 Å². The summed E-state index contributed by atoms with van der Waals surface area (Å²) in [5, 5.41) is 0. The highest BCUT2D eigenvalue weighted by molar-refractivity contribution is 9.11. The monoisotopic (exact) mass is 406 g/mol. The van der Waals surface area contributed by atoms with Crippen LogP contribution in [-0.2, 0) is 9.53 Å². The molecular formula is C22H31BrO2. The van der Waals surface area contributed by atoms with Crippen LogP contribution < -0.4 is 0 Å². The normalized spacial score (nSPS) is 19.6. The maximum atomic E-state index is 10.8. The molecule has 0 N–H and O–H groups in total. The highest BCUT2D eigenvalue weighted by atomic mass is 79.9. The van der Waals surface area contributed by atoms with E-state index in [1.165, 1.54) is 42.9 Å². The van der Waals surface area contributed by atoms with Crippen molar-refractivity contribution in [2.45, 2.75) is 60.8 Å². The van der Waals surface area contributed by atoms with Gasteiger partial charge in [0.15, 0.2) is 0 Å². The SMILES string of the molecule is CC(=O)OCC(Br)=C(C)C=CC=C(C)C=CC1=C(C)CCCC1(C)C. The third-order valence-electron chi connectivity index (χ3n) is 4.59. The molecule has 0 bridgehead atoms. The zero-order chi connectivity index (χ0) is 19.0. The van der Waals surface area contributed by atoms with Gasteiger partial charge in [-0.15, -0.1) is 0 Å². The number of carbonyl (C=O) groups is 1. The number of rotatable bonds is 6. The Morgan fingerprint density at radius 2 is 1.92 bits per heavy atom. The smallest absolute Gasteiger partial charge is 0.302 e. The quantitative estimate of drug-likeness (QED) is 0.357. The molecule has 0 radical (unpaired) electrons. The van der Waals surface area contributed by atoms with E-state index in [0.717, 1.165) is 10.1 Å². The molecule has 0 aromatic heterocycles. The molecule has 0 amide bonds. The summed E-state index contributed by atoms with van der Waals surface area (Å²) in [7, 11) is 0. The van der Waals surface area contributed by atoms with Gasteiger partial charge in [-0.05, 0) is 56.6 Å². The number of esters is 1. The minimum Gasteiger partial charge on any atom is -0.460 e. The molecule has 1 rings (SSSR count). The second-order valence-corrected chi connectivity index (χ2v) is 8.36. The Labute approximate surface area is 161 Å². The van der Waals surface area contributed by atoms with E-state index in [0.29, 0.717) is 0 Å². The molecule has 0 aromatic carbocycles. The van der Waals surface area contributed by atoms with Gasteiger partial charge in [0.2, 0.25) is 0 Å². The van der Waals surface area contributed by atoms with E-state index in [1.54, 1.807) is 0 Å². The van der Waals surface area contributed by atoms with Gasteiger partial charge in [0.05, 0.1) is 0 Å². The number of ether oxygens (including phenoxy) is 1. The zero-order valence-corrected chi connectivity index (χ0v) is 18.0. The van der Waals surface area contributed by atoms with Gasteiger partial charge >= 0.3 is 5.97 Å². The summed E-state index contributed by atoms with van der Waals surface area (Å²) in [5.74, 6) is -0.273. The molecule has 0 aromatic rings. The predicted octanol–water partition coefficient (Wildman–Crippen LogP) is 6.80. The Bertz CT molecular complexity index is 643. The van der Waals surface area contributed by atoms with Crippen molar-refractivity contribution in [1.82, 2.24) is 0 Å². The van der Waals surface area contributed by atoms with E-state index >= 15 is 0 Å². The second-order valence-electron chi connectivity index (χ2n) is 7.40. The first-order chi connectivity index (χ1) is 11.6. The molecule has 0 heterocycles. The van der Waals surface area contributed by atoms with E-state index in [4.69, 9.17) is 4.74 Å². The van der Waals surface area contributed by atoms with Crippen LogP contribution in [0.25, 0.3) is 0 Å². The average molecular weight is 407 g/mol. The Morgan fingerprint density at radius 3 is 2.52 bits per heavy atom. The first kappa shape index (κ1) is 21.7. The summed E-state index contributed by atoms with van der Waals surface area (Å²) in [6.07, 6.45) is 14.4. The van der Waals surface area contributed by atoms with Crippen molar-refractivity contribution >= 4 is 21.9 Å². The van der Waals surface area contributed by atoms with Crippen LogP contribution >= 0.6 is 15.9 Å². The molecule has 138 valence electrons. The van der Waals surface area contributed by atoms with Crippen LogP contribution in [0.4, 0.5) is 0 Å². The fourth-order valence-electron chi connectivity index (χ4n) is 2.99. The maximum Gasteiger partial charge on any atom is 0.302 e. The summed E-state index contributed by atoms with van der Waals surface area (Å²) in [5.41, 5.74) is 5.53. The van der Waals surface area contributed by atoms with Crippen LogP contribution in [0.15, 0.2) is 57.2 Å². The van der Waals surface area contributed by atoms with Crippen LogP contribution in [0.1, 0.15) is 60.8 Å². The Kier molecular flexibility index (Phi) is 8.64. The number of carbonyl (C=O) groups excluding carboxylic acids is 1. The highest BCUT2D eigenvalue weighted by Gasteiger charge is 2.26. The van der Waals surface area contributed by atoms with Crippen molar-refractivity contribution in [3.63, 3.8) is 0 Å². The summed E-state index contributed by atoms with van der Waals surface area (Å²) >= 11 is 3.45. The molecule has 0 saturated heterocycles. The lowest BCUT2D eigenvalue weighted by Crippen LogP contribution is -2.19. The second kappa shape index (κ2) is 9.96. The first-order valence-electron chi connectivity index (χ1n) is 8.85. The summed E-state index contributed by atoms with van der Waals surface area (Å²) in [4.78, 5) is 10.8. The zero-order valence-electron chi connectivity index (χ0n) is 16.4. The molecular weight excluding hydrogens is 376 g/mol. The minimum atomic E-state index is -0.273. The van der Waals surface area contributed by atoms with Gasteiger partial charge < -0.3 is 4.74 Å². The highest BCUT2D eigenvalue weighted by Crippen LogP contribution is 2.40. The lowest BCUT2D eigenvalue weighted by atomic mass is 9.72. The van der Waals surface area contributed by atoms with Gasteiger partial charge in [-0.2, -0.15) is 0 Å². The summed E-state index contributed by atoms with van der Waals surface area (Å²) in [6.45, 7) is 12.7. The Morgan fingerprint density at radius 1 is 1.24 bits per heavy atom. The molecule has 2 nitrogen and oxygen atoms in total. The molecule has 0 aliphatic heterocycles. The number of hydrogen-bond donors (Lipinski definition) is 0. The number of allylic oxidation sites excluding steroid dienone is 9. The van der Waals surface area contributed by atoms with Gasteiger partial charge in [-0.1, -0.05) is 71.3 Å². The van der Waals surface area contributed by atoms with Crippen LogP contribution in [0, 0.1) is 5.41 Å². The Hall–Kier alpha value is -1.35. The van der Waals surface area contributed by atoms with E-state index in [-0.39, 0.29) is 18.0 Å². The van der Waals surface area contributed by atoms with Crippen molar-refractivity contribution in [1.29, 1.82) is 0 Å². The van der Waals surface area contributed by atoms with E-state index < -0.39 is 0 Å². The number of halogens is 1. The van der Waals surface area contributed by atoms with Crippen LogP contribution in [-0.4, -0.2) is 12.6 Å². The van der Waals surface area contributed by atoms with Crippen molar-refractivity contribution in [3.8, 4) is 0 Å². The topological polar surface area (TPSA) is 26.3 Å². The van der Waals surface area contributed by atoms with Crippen molar-refractivity contribution in [3.05, 3.63) is 57.2 Å². The van der Waals surface area contributed by atoms with Crippen molar-refractivity contribution in [2.24, 2.45) is 5.41 Å². The van der Waals surface area contributed by atoms with E-state index in [9.17, 15) is 4.79 Å². The molecule has 0 unspecified atom stereocenters. The van der Waals surface area contributed by atoms with Crippen molar-refractivity contribution in [2.75, 3.05) is 6.61 Å². The molecule has 0 atom stereocenters. The molecule has 25 heavy (non-hydrogen) atoms. The van der Waals surface area contributed by atoms with Gasteiger partial charge in [0.25, 0.3) is 0 Å². The van der Waals surface area contributed by atoms with Crippen LogP contribution in [0.5, 0.6) is 0 Å². The molecule has 1 aliphatic rings. The third-order valence-corrected chi connectivity index (χ3v) is 5.45. The molecule has 0 saturated carbocycles. The summed E-state index contributed by atoms with van der Waals surface area (Å²) in [6, 6.07) is 0. The lowest BCUT2D eigenvalue weighted by molar-refractivity contribution is -0.139. The van der Waals surface area contributed by atoms with Gasteiger partial charge in [-0.3, -0.25) is 4.79 Å². The molecule has 3 heteroatoms. The van der Waals surface area contributed by atoms with Crippen LogP contribution in [0.2, 0.25) is 0 Å². The molecule has 0 fully saturated rings. The molecule has 0 spiro atoms. The standard InChI is InChI=1S/C22H31BrO2/c1-16(9-7-10-18(3)21(23)15-25-19(4)24)12-13-20-17(2)11-8-14-22(20,5)6/h7,9-10,12-13H,8,11,14-15H2,1-6H3. The van der Waals surface area contributed by atoms with Gasteiger partial charge in [0, 0.05) is 11.4 Å². The summed E-state index contributed by atoms with van der Waals surface area (Å²) < 4.78 is 5.86. The first-order valence-corrected chi connectivity index (χ1v) is 9.64. The Balaban J connectivity index is 2.75. The lowest BCUT2D eigenvalue weighted by Gasteiger charge is -2.32. The van der Waals surface area contributed by atoms with E-state index in [2.05, 4.69) is 61.9 Å². The average Bonchev–Trinajstić information content (AvgIpc) is 2.51. The van der Waals surface area contributed by atoms with Crippen molar-refractivity contribution < 1.29 is 9.53 Å². The molecule has 1 aliphatic carbocycles. The van der Waals surface area contributed by atoms with Crippen LogP contribution in [0.3, 0.4) is 0 Å². The van der Waals surface area contributed by atoms with E-state index in [1.807, 2.05) is 19.1 Å². The third kappa shape index (κ3) is 7.60. The fourth-order valence-corrected chi connectivity index (χ4v) is 3.24. The maximum absolute atomic E-state index is 10.8. The minimum absolute atomic E-state index is 0.273. The number of hydrogen-bond acceptors (Lipinski definition) is 2. The fraction of sp³-hybridized carbons (Fsp3) is 0.500. The largest absolute Gasteiger partial charge is 0.460 e.